The molecular weight excluding hydrogens is 234 g/mol. The van der Waals surface area contributed by atoms with Crippen LogP contribution >= 0.6 is 0 Å². The molecular formula is C17H25NO. The second-order valence-corrected chi connectivity index (χ2v) is 6.00. The number of hydrogen-bond acceptors (Lipinski definition) is 2. The Kier molecular flexibility index (Phi) is 4.76. The van der Waals surface area contributed by atoms with E-state index in [1.165, 1.54) is 25.7 Å². The van der Waals surface area contributed by atoms with Crippen molar-refractivity contribution in [1.29, 1.82) is 0 Å². The number of Topliss-reactive ketones (excluding diaryl/α,β-unsaturated/α-hetero) is 1. The predicted molar refractivity (Wildman–Crippen MR) is 79.4 cm³/mol. The normalized spacial score (nSPS) is 25.3. The van der Waals surface area contributed by atoms with Gasteiger partial charge in [-0.05, 0) is 32.7 Å². The van der Waals surface area contributed by atoms with Crippen molar-refractivity contribution >= 4 is 5.78 Å². The highest BCUT2D eigenvalue weighted by molar-refractivity contribution is 5.99. The first-order valence-corrected chi connectivity index (χ1v) is 7.40. The van der Waals surface area contributed by atoms with Gasteiger partial charge in [0.05, 0.1) is 6.04 Å². The summed E-state index contributed by atoms with van der Waals surface area (Å²) in [7, 11) is 2.11. The number of rotatable bonds is 4. The van der Waals surface area contributed by atoms with Gasteiger partial charge < -0.3 is 0 Å². The third-order valence-corrected chi connectivity index (χ3v) is 4.53. The van der Waals surface area contributed by atoms with E-state index in [1.807, 2.05) is 37.3 Å². The van der Waals surface area contributed by atoms with E-state index in [9.17, 15) is 4.79 Å². The van der Waals surface area contributed by atoms with Gasteiger partial charge in [-0.3, -0.25) is 9.69 Å². The summed E-state index contributed by atoms with van der Waals surface area (Å²) < 4.78 is 0. The lowest BCUT2D eigenvalue weighted by Crippen LogP contribution is -2.44. The predicted octanol–water partition coefficient (Wildman–Crippen LogP) is 3.77. The molecule has 0 heterocycles. The van der Waals surface area contributed by atoms with E-state index in [0.717, 1.165) is 11.5 Å². The molecule has 0 aliphatic heterocycles. The van der Waals surface area contributed by atoms with E-state index < -0.39 is 0 Å². The molecule has 0 spiro atoms. The van der Waals surface area contributed by atoms with Crippen molar-refractivity contribution in [3.63, 3.8) is 0 Å². The summed E-state index contributed by atoms with van der Waals surface area (Å²) in [6.45, 7) is 4.36. The Morgan fingerprint density at radius 2 is 1.95 bits per heavy atom. The van der Waals surface area contributed by atoms with Crippen molar-refractivity contribution in [2.75, 3.05) is 7.05 Å². The minimum atomic E-state index is -0.0299. The van der Waals surface area contributed by atoms with Crippen LogP contribution in [-0.2, 0) is 0 Å². The van der Waals surface area contributed by atoms with Crippen LogP contribution < -0.4 is 0 Å². The van der Waals surface area contributed by atoms with Crippen LogP contribution in [0.25, 0.3) is 0 Å². The van der Waals surface area contributed by atoms with Crippen molar-refractivity contribution in [3.8, 4) is 0 Å². The Morgan fingerprint density at radius 1 is 1.26 bits per heavy atom. The lowest BCUT2D eigenvalue weighted by atomic mass is 9.85. The van der Waals surface area contributed by atoms with Crippen LogP contribution in [0, 0.1) is 5.92 Å². The Balaban J connectivity index is 2.02. The number of carbonyl (C=O) groups excluding carboxylic acids is 1. The van der Waals surface area contributed by atoms with Crippen LogP contribution in [0.5, 0.6) is 0 Å². The fourth-order valence-electron chi connectivity index (χ4n) is 3.12. The molecule has 0 N–H and O–H groups in total. The third kappa shape index (κ3) is 3.44. The summed E-state index contributed by atoms with van der Waals surface area (Å²) in [4.78, 5) is 14.8. The van der Waals surface area contributed by atoms with E-state index in [0.29, 0.717) is 6.04 Å². The van der Waals surface area contributed by atoms with Gasteiger partial charge in [0.15, 0.2) is 5.78 Å². The van der Waals surface area contributed by atoms with Crippen LogP contribution in [0.15, 0.2) is 30.3 Å². The second-order valence-electron chi connectivity index (χ2n) is 6.00. The molecule has 104 valence electrons. The van der Waals surface area contributed by atoms with Gasteiger partial charge in [-0.2, -0.15) is 0 Å². The molecule has 1 aliphatic carbocycles. The van der Waals surface area contributed by atoms with Crippen molar-refractivity contribution in [1.82, 2.24) is 4.90 Å². The Morgan fingerprint density at radius 3 is 2.58 bits per heavy atom. The zero-order chi connectivity index (χ0) is 13.8. The highest BCUT2D eigenvalue weighted by Gasteiger charge is 2.28. The molecule has 0 amide bonds. The highest BCUT2D eigenvalue weighted by Crippen LogP contribution is 2.28. The van der Waals surface area contributed by atoms with Gasteiger partial charge in [-0.25, -0.2) is 0 Å². The van der Waals surface area contributed by atoms with Gasteiger partial charge in [0.2, 0.25) is 0 Å². The molecule has 1 fully saturated rings. The first kappa shape index (κ1) is 14.3. The van der Waals surface area contributed by atoms with E-state index in [1.54, 1.807) is 0 Å². The lowest BCUT2D eigenvalue weighted by molar-refractivity contribution is 0.0748. The van der Waals surface area contributed by atoms with Crippen molar-refractivity contribution in [2.45, 2.75) is 51.6 Å². The number of nitrogens with zero attached hydrogens (tertiary/aromatic N) is 1. The molecule has 2 rings (SSSR count). The van der Waals surface area contributed by atoms with Crippen molar-refractivity contribution in [2.24, 2.45) is 5.92 Å². The summed E-state index contributed by atoms with van der Waals surface area (Å²) in [6, 6.07) is 10.2. The molecule has 1 saturated carbocycles. The molecule has 0 saturated heterocycles. The second kappa shape index (κ2) is 6.33. The van der Waals surface area contributed by atoms with Crippen molar-refractivity contribution in [3.05, 3.63) is 35.9 Å². The minimum absolute atomic E-state index is 0.0299. The summed E-state index contributed by atoms with van der Waals surface area (Å²) in [5, 5.41) is 0. The Labute approximate surface area is 116 Å². The fourth-order valence-corrected chi connectivity index (χ4v) is 3.12. The lowest BCUT2D eigenvalue weighted by Gasteiger charge is -2.37. The standard InChI is InChI=1S/C17H25NO/c1-13-8-7-11-16(12-13)18(3)14(2)17(19)15-9-5-4-6-10-15/h4-6,9-10,13-14,16H,7-8,11-12H2,1-3H3. The average molecular weight is 259 g/mol. The van der Waals surface area contributed by atoms with Gasteiger partial charge in [-0.15, -0.1) is 0 Å². The molecule has 0 bridgehead atoms. The molecule has 1 aromatic rings. The Bertz CT molecular complexity index is 415. The van der Waals surface area contributed by atoms with E-state index in [4.69, 9.17) is 0 Å². The van der Waals surface area contributed by atoms with Crippen LogP contribution in [0.1, 0.15) is 49.9 Å². The number of benzene rings is 1. The summed E-state index contributed by atoms with van der Waals surface area (Å²) in [5.74, 6) is 1.03. The summed E-state index contributed by atoms with van der Waals surface area (Å²) >= 11 is 0. The zero-order valence-corrected chi connectivity index (χ0v) is 12.3. The quantitative estimate of drug-likeness (QED) is 0.767. The highest BCUT2D eigenvalue weighted by atomic mass is 16.1. The van der Waals surface area contributed by atoms with Crippen molar-refractivity contribution < 1.29 is 4.79 Å². The maximum absolute atomic E-state index is 12.5. The molecule has 2 heteroatoms. The SMILES string of the molecule is CC1CCCC(N(C)C(C)C(=O)c2ccccc2)C1. The molecule has 3 atom stereocenters. The molecule has 1 aliphatic rings. The largest absolute Gasteiger partial charge is 0.294 e. The first-order chi connectivity index (χ1) is 9.09. The fraction of sp³-hybridized carbons (Fsp3) is 0.588. The molecule has 19 heavy (non-hydrogen) atoms. The summed E-state index contributed by atoms with van der Waals surface area (Å²) in [5.41, 5.74) is 0.825. The van der Waals surface area contributed by atoms with E-state index in [-0.39, 0.29) is 11.8 Å². The number of carbonyl (C=O) groups is 1. The van der Waals surface area contributed by atoms with Crippen LogP contribution in [-0.4, -0.2) is 29.8 Å². The Hall–Kier alpha value is -1.15. The minimum Gasteiger partial charge on any atom is -0.294 e. The van der Waals surface area contributed by atoms with Gasteiger partial charge in [0.1, 0.15) is 0 Å². The van der Waals surface area contributed by atoms with Gasteiger partial charge in [0.25, 0.3) is 0 Å². The third-order valence-electron chi connectivity index (χ3n) is 4.53. The molecule has 3 unspecified atom stereocenters. The maximum Gasteiger partial charge on any atom is 0.179 e. The maximum atomic E-state index is 12.5. The molecule has 0 radical (unpaired) electrons. The summed E-state index contributed by atoms with van der Waals surface area (Å²) in [6.07, 6.45) is 5.09. The first-order valence-electron chi connectivity index (χ1n) is 7.40. The smallest absolute Gasteiger partial charge is 0.179 e. The van der Waals surface area contributed by atoms with Crippen LogP contribution in [0.4, 0.5) is 0 Å². The van der Waals surface area contributed by atoms with Gasteiger partial charge in [0, 0.05) is 11.6 Å². The van der Waals surface area contributed by atoms with E-state index in [2.05, 4.69) is 18.9 Å². The molecule has 2 nitrogen and oxygen atoms in total. The average Bonchev–Trinajstić information content (AvgIpc) is 2.46. The number of ketones is 1. The van der Waals surface area contributed by atoms with Gasteiger partial charge >= 0.3 is 0 Å². The van der Waals surface area contributed by atoms with Crippen LogP contribution in [0.2, 0.25) is 0 Å². The van der Waals surface area contributed by atoms with E-state index >= 15 is 0 Å². The monoisotopic (exact) mass is 259 g/mol. The molecule has 1 aromatic carbocycles. The van der Waals surface area contributed by atoms with Gasteiger partial charge in [-0.1, -0.05) is 50.1 Å². The van der Waals surface area contributed by atoms with Crippen LogP contribution in [0.3, 0.4) is 0 Å². The zero-order valence-electron chi connectivity index (χ0n) is 12.3. The molecule has 0 aromatic heterocycles. The number of likely N-dealkylation sites (N-methyl/N-ethyl adjacent to an activating group) is 1. The topological polar surface area (TPSA) is 20.3 Å². The number of hydrogen-bond donors (Lipinski definition) is 0.